The molecule has 1 fully saturated rings. The van der Waals surface area contributed by atoms with Gasteiger partial charge in [-0.2, -0.15) is 0 Å². The van der Waals surface area contributed by atoms with Crippen LogP contribution < -0.4 is 15.5 Å². The number of nitrogens with one attached hydrogen (secondary N) is 2. The van der Waals surface area contributed by atoms with Gasteiger partial charge in [-0.25, -0.2) is 9.78 Å². The fourth-order valence-electron chi connectivity index (χ4n) is 5.96. The Balaban J connectivity index is 1.31. The lowest BCUT2D eigenvalue weighted by Crippen LogP contribution is -2.37. The first-order chi connectivity index (χ1) is 21.5. The third-order valence-corrected chi connectivity index (χ3v) is 8.42. The van der Waals surface area contributed by atoms with Gasteiger partial charge in [-0.3, -0.25) is 9.36 Å². The summed E-state index contributed by atoms with van der Waals surface area (Å²) in [6, 6.07) is 19.1. The van der Waals surface area contributed by atoms with Gasteiger partial charge in [-0.05, 0) is 107 Å². The Morgan fingerprint density at radius 3 is 2.42 bits per heavy atom. The predicted octanol–water partition coefficient (Wildman–Crippen LogP) is 5.34. The maximum Gasteiger partial charge on any atom is 0.325 e. The molecule has 1 aliphatic rings. The lowest BCUT2D eigenvalue weighted by Gasteiger charge is -2.32. The first-order valence-electron chi connectivity index (χ1n) is 15.6. The molecular formula is C35H44N6O4. The highest BCUT2D eigenvalue weighted by Gasteiger charge is 2.22. The van der Waals surface area contributed by atoms with E-state index in [9.17, 15) is 19.8 Å². The van der Waals surface area contributed by atoms with Crippen molar-refractivity contribution in [1.82, 2.24) is 19.8 Å². The summed E-state index contributed by atoms with van der Waals surface area (Å²) in [4.78, 5) is 34.3. The molecule has 10 heteroatoms. The van der Waals surface area contributed by atoms with Crippen LogP contribution in [0.1, 0.15) is 61.9 Å². The maximum absolute atomic E-state index is 13.2. The van der Waals surface area contributed by atoms with Crippen LogP contribution in [0.15, 0.2) is 73.1 Å². The number of nitrogens with zero attached hydrogens (tertiary/aromatic N) is 4. The predicted molar refractivity (Wildman–Crippen MR) is 178 cm³/mol. The van der Waals surface area contributed by atoms with Crippen molar-refractivity contribution in [3.8, 4) is 0 Å². The first-order valence-corrected chi connectivity index (χ1v) is 15.6. The second kappa shape index (κ2) is 13.8. The van der Waals surface area contributed by atoms with Crippen LogP contribution >= 0.6 is 0 Å². The van der Waals surface area contributed by atoms with Gasteiger partial charge in [0.15, 0.2) is 0 Å². The maximum atomic E-state index is 13.2. The number of β-amino-alcohol motifs (C(OH)–C–C–N with tert-alkyl or cyclic N) is 1. The summed E-state index contributed by atoms with van der Waals surface area (Å²) < 4.78 is 1.56. The number of carbonyl (C=O) groups is 2. The van der Waals surface area contributed by atoms with Gasteiger partial charge < -0.3 is 30.6 Å². The van der Waals surface area contributed by atoms with Gasteiger partial charge in [0.25, 0.3) is 5.91 Å². The summed E-state index contributed by atoms with van der Waals surface area (Å²) in [6.07, 6.45) is 5.65. The fraction of sp³-hybridized carbons (Fsp3) is 0.400. The second-order valence-electron chi connectivity index (χ2n) is 12.6. The number of likely N-dealkylation sites (tertiary alicyclic amines) is 1. The Bertz CT molecular complexity index is 1620. The summed E-state index contributed by atoms with van der Waals surface area (Å²) in [5.41, 5.74) is 3.40. The van der Waals surface area contributed by atoms with Gasteiger partial charge in [0, 0.05) is 60.9 Å². The third kappa shape index (κ3) is 8.08. The molecule has 0 bridgehead atoms. The molecule has 0 spiro atoms. The van der Waals surface area contributed by atoms with Crippen LogP contribution in [0.3, 0.4) is 0 Å². The van der Waals surface area contributed by atoms with E-state index >= 15 is 0 Å². The average Bonchev–Trinajstić information content (AvgIpc) is 3.44. The highest BCUT2D eigenvalue weighted by molar-refractivity contribution is 6.04. The Morgan fingerprint density at radius 2 is 1.76 bits per heavy atom. The molecular weight excluding hydrogens is 568 g/mol. The summed E-state index contributed by atoms with van der Waals surface area (Å²) in [5, 5.41) is 26.7. The number of aliphatic hydroxyl groups excluding tert-OH is 1. The Kier molecular flexibility index (Phi) is 9.86. The molecule has 10 nitrogen and oxygen atoms in total. The normalized spacial score (nSPS) is 15.2. The largest absolute Gasteiger partial charge is 0.392 e. The SMILES string of the molecule is CNC(=O)n1ccc2cc(N(CCC(C)(C)O)c3ccnc(NC(=O)c4ccc(C5CCN(C[C@@H](C)O)CC5)cc4)c3)ccc21. The standard InChI is InChI=1S/C35H44N6O4/c1-24(42)23-39-17-12-26(13-18-39)25-5-7-27(8-6-25)33(43)38-32-22-30(11-16-37-32)40(20-15-35(2,3)45)29-9-10-31-28(21-29)14-19-41(31)34(44)36-4/h5-11,14,16,19,21-22,24,26,42,45H,12-13,15,17-18,20,23H2,1-4H3,(H,36,44)(H,37,38,43)/t24-/m1/s1. The molecule has 2 aromatic heterocycles. The number of aromatic nitrogens is 2. The van der Waals surface area contributed by atoms with Gasteiger partial charge in [0.05, 0.1) is 17.2 Å². The van der Waals surface area contributed by atoms with Crippen LogP contribution in [-0.4, -0.2) is 81.5 Å². The van der Waals surface area contributed by atoms with Crippen LogP contribution in [0.25, 0.3) is 10.9 Å². The monoisotopic (exact) mass is 612 g/mol. The number of rotatable bonds is 10. The lowest BCUT2D eigenvalue weighted by molar-refractivity contribution is 0.0737. The summed E-state index contributed by atoms with van der Waals surface area (Å²) in [6.45, 7) is 8.53. The smallest absolute Gasteiger partial charge is 0.325 e. The molecule has 45 heavy (non-hydrogen) atoms. The molecule has 0 saturated carbocycles. The summed E-state index contributed by atoms with van der Waals surface area (Å²) in [5.74, 6) is 0.632. The topological polar surface area (TPSA) is 123 Å². The molecule has 2 amide bonds. The van der Waals surface area contributed by atoms with E-state index in [4.69, 9.17) is 0 Å². The first kappa shape index (κ1) is 32.2. The second-order valence-corrected chi connectivity index (χ2v) is 12.6. The van der Waals surface area contributed by atoms with E-state index < -0.39 is 5.60 Å². The molecule has 1 aliphatic heterocycles. The van der Waals surface area contributed by atoms with Crippen molar-refractivity contribution in [3.63, 3.8) is 0 Å². The average molecular weight is 613 g/mol. The summed E-state index contributed by atoms with van der Waals surface area (Å²) in [7, 11) is 1.60. The number of carbonyl (C=O) groups excluding carboxylic acids is 2. The quantitative estimate of drug-likeness (QED) is 0.191. The zero-order valence-corrected chi connectivity index (χ0v) is 26.5. The van der Waals surface area contributed by atoms with E-state index in [0.717, 1.165) is 48.2 Å². The van der Waals surface area contributed by atoms with Crippen LogP contribution in [0, 0.1) is 0 Å². The van der Waals surface area contributed by atoms with Gasteiger partial charge in [-0.15, -0.1) is 0 Å². The van der Waals surface area contributed by atoms with Crippen LogP contribution in [0.4, 0.5) is 22.0 Å². The molecule has 3 heterocycles. The minimum absolute atomic E-state index is 0.213. The summed E-state index contributed by atoms with van der Waals surface area (Å²) >= 11 is 0. The van der Waals surface area contributed by atoms with Crippen molar-refractivity contribution in [3.05, 3.63) is 84.2 Å². The molecule has 4 N–H and O–H groups in total. The molecule has 4 aromatic rings. The molecule has 0 aliphatic carbocycles. The number of amides is 2. The molecule has 5 rings (SSSR count). The van der Waals surface area contributed by atoms with E-state index in [1.165, 1.54) is 5.56 Å². The fourth-order valence-corrected chi connectivity index (χ4v) is 5.96. The Morgan fingerprint density at radius 1 is 1.04 bits per heavy atom. The van der Waals surface area contributed by atoms with Crippen molar-refractivity contribution in [2.24, 2.45) is 0 Å². The van der Waals surface area contributed by atoms with Gasteiger partial charge >= 0.3 is 6.03 Å². The number of benzene rings is 2. The van der Waals surface area contributed by atoms with E-state index in [1.807, 2.05) is 67.6 Å². The zero-order valence-electron chi connectivity index (χ0n) is 26.5. The van der Waals surface area contributed by atoms with E-state index in [2.05, 4.69) is 25.4 Å². The number of fused-ring (bicyclic) bond motifs is 1. The lowest BCUT2D eigenvalue weighted by atomic mass is 9.89. The van der Waals surface area contributed by atoms with E-state index in [0.29, 0.717) is 36.8 Å². The molecule has 1 saturated heterocycles. The Labute approximate surface area is 264 Å². The van der Waals surface area contributed by atoms with Crippen molar-refractivity contribution in [2.75, 3.05) is 43.4 Å². The zero-order chi connectivity index (χ0) is 32.1. The van der Waals surface area contributed by atoms with Gasteiger partial charge in [-0.1, -0.05) is 12.1 Å². The van der Waals surface area contributed by atoms with Crippen LogP contribution in [0.5, 0.6) is 0 Å². The number of hydrogen-bond donors (Lipinski definition) is 4. The van der Waals surface area contributed by atoms with Crippen molar-refractivity contribution in [2.45, 2.75) is 57.7 Å². The minimum atomic E-state index is -0.879. The molecule has 0 unspecified atom stereocenters. The van der Waals surface area contributed by atoms with Crippen LogP contribution in [-0.2, 0) is 0 Å². The van der Waals surface area contributed by atoms with Crippen LogP contribution in [0.2, 0.25) is 0 Å². The van der Waals surface area contributed by atoms with Crippen molar-refractivity contribution >= 4 is 40.0 Å². The van der Waals surface area contributed by atoms with Crippen molar-refractivity contribution < 1.29 is 19.8 Å². The molecule has 238 valence electrons. The number of piperidine rings is 1. The van der Waals surface area contributed by atoms with E-state index in [1.54, 1.807) is 37.9 Å². The number of aliphatic hydroxyl groups is 2. The number of anilines is 3. The van der Waals surface area contributed by atoms with Crippen molar-refractivity contribution in [1.29, 1.82) is 0 Å². The van der Waals surface area contributed by atoms with Gasteiger partial charge in [0.2, 0.25) is 0 Å². The highest BCUT2D eigenvalue weighted by Crippen LogP contribution is 2.32. The highest BCUT2D eigenvalue weighted by atomic mass is 16.3. The molecule has 1 atom stereocenters. The van der Waals surface area contributed by atoms with E-state index in [-0.39, 0.29) is 18.0 Å². The van der Waals surface area contributed by atoms with Gasteiger partial charge in [0.1, 0.15) is 5.82 Å². The number of hydrogen-bond acceptors (Lipinski definition) is 7. The molecule has 2 aromatic carbocycles. The molecule has 0 radical (unpaired) electrons. The Hall–Kier alpha value is -4.25. The minimum Gasteiger partial charge on any atom is -0.392 e. The number of pyridine rings is 1. The third-order valence-electron chi connectivity index (χ3n) is 8.42.